The minimum absolute atomic E-state index is 0.0961. The number of aliphatic hydroxyl groups is 3. The molecule has 3 N–H and O–H groups in total. The Hall–Kier alpha value is -4.39. The zero-order chi connectivity index (χ0) is 37.0. The molecule has 50 heavy (non-hydrogen) atoms. The molecule has 268 valence electrons. The van der Waals surface area contributed by atoms with Crippen LogP contribution in [0.4, 0.5) is 0 Å². The molecule has 0 aliphatic heterocycles. The van der Waals surface area contributed by atoms with Crippen LogP contribution in [0.5, 0.6) is 0 Å². The van der Waals surface area contributed by atoms with Gasteiger partial charge in [-0.1, -0.05) is 63.2 Å². The van der Waals surface area contributed by atoms with Crippen LogP contribution in [-0.4, -0.2) is 87.2 Å². The van der Waals surface area contributed by atoms with Crippen LogP contribution in [0.2, 0.25) is 0 Å². The summed E-state index contributed by atoms with van der Waals surface area (Å²) in [5.41, 5.74) is -7.42. The van der Waals surface area contributed by atoms with Crippen LogP contribution in [0.25, 0.3) is 0 Å². The molecular weight excluding hydrogens is 648 g/mol. The minimum atomic E-state index is -2.70. The van der Waals surface area contributed by atoms with Crippen LogP contribution in [0.15, 0.2) is 73.3 Å². The number of esters is 4. The molecule has 0 aromatic heterocycles. The van der Waals surface area contributed by atoms with Gasteiger partial charge in [0.2, 0.25) is 0 Å². The molecule has 3 saturated carbocycles. The van der Waals surface area contributed by atoms with E-state index in [0.29, 0.717) is 0 Å². The molecule has 0 saturated heterocycles. The van der Waals surface area contributed by atoms with Gasteiger partial charge in [-0.15, -0.1) is 6.58 Å². The lowest BCUT2D eigenvalue weighted by atomic mass is 9.38. The highest BCUT2D eigenvalue weighted by Gasteiger charge is 2.80. The van der Waals surface area contributed by atoms with Crippen molar-refractivity contribution in [3.05, 3.63) is 84.4 Å². The monoisotopic (exact) mass is 692 g/mol. The molecule has 11 unspecified atom stereocenters. The fourth-order valence-corrected chi connectivity index (χ4v) is 8.87. The van der Waals surface area contributed by atoms with Gasteiger partial charge in [0.25, 0.3) is 0 Å². The predicted molar refractivity (Wildman–Crippen MR) is 176 cm³/mol. The second kappa shape index (κ2) is 13.1. The number of ketones is 1. The molecule has 2 aromatic rings. The number of rotatable bonds is 7. The van der Waals surface area contributed by atoms with Crippen molar-refractivity contribution < 1.29 is 58.2 Å². The first-order valence-electron chi connectivity index (χ1n) is 16.5. The van der Waals surface area contributed by atoms with Gasteiger partial charge in [0.05, 0.1) is 16.5 Å². The molecule has 11 atom stereocenters. The van der Waals surface area contributed by atoms with Gasteiger partial charge < -0.3 is 34.3 Å². The van der Waals surface area contributed by atoms with Crippen molar-refractivity contribution in [2.75, 3.05) is 0 Å². The molecule has 0 heterocycles. The zero-order valence-electron chi connectivity index (χ0n) is 28.9. The van der Waals surface area contributed by atoms with E-state index in [1.54, 1.807) is 57.2 Å². The Balaban J connectivity index is 1.82. The highest BCUT2D eigenvalue weighted by atomic mass is 16.6. The van der Waals surface area contributed by atoms with Crippen LogP contribution in [-0.2, 0) is 33.3 Å². The number of carbonyl (C=O) groups is 5. The van der Waals surface area contributed by atoms with E-state index >= 15 is 0 Å². The van der Waals surface area contributed by atoms with Gasteiger partial charge in [-0.25, -0.2) is 9.59 Å². The summed E-state index contributed by atoms with van der Waals surface area (Å²) in [7, 11) is 0. The van der Waals surface area contributed by atoms with Crippen molar-refractivity contribution in [2.24, 2.45) is 28.1 Å². The molecule has 2 aromatic carbocycles. The average Bonchev–Trinajstić information content (AvgIpc) is 3.08. The third-order valence-electron chi connectivity index (χ3n) is 11.4. The maximum atomic E-state index is 14.7. The molecule has 0 radical (unpaired) electrons. The van der Waals surface area contributed by atoms with Gasteiger partial charge in [0.1, 0.15) is 30.5 Å². The van der Waals surface area contributed by atoms with E-state index in [1.165, 1.54) is 31.2 Å². The third kappa shape index (κ3) is 5.63. The fraction of sp³-hybridized carbons (Fsp3) is 0.500. The third-order valence-corrected chi connectivity index (χ3v) is 11.4. The lowest BCUT2D eigenvalue weighted by Gasteiger charge is -2.69. The molecule has 12 heteroatoms. The molecule has 0 spiro atoms. The van der Waals surface area contributed by atoms with E-state index in [1.807, 2.05) is 0 Å². The second-order valence-corrected chi connectivity index (χ2v) is 14.6. The molecular formula is C38H44O12. The fourth-order valence-electron chi connectivity index (χ4n) is 8.87. The van der Waals surface area contributed by atoms with Crippen LogP contribution in [0.1, 0.15) is 68.7 Å². The minimum Gasteiger partial charge on any atom is -0.459 e. The van der Waals surface area contributed by atoms with Crippen molar-refractivity contribution in [1.82, 2.24) is 0 Å². The number of benzene rings is 2. The Morgan fingerprint density at radius 3 is 1.74 bits per heavy atom. The van der Waals surface area contributed by atoms with Crippen molar-refractivity contribution in [2.45, 2.75) is 90.2 Å². The Bertz CT molecular complexity index is 1670. The number of aliphatic hydroxyl groups excluding tert-OH is 2. The predicted octanol–water partition coefficient (Wildman–Crippen LogP) is 3.21. The number of carbonyl (C=O) groups excluding carboxylic acids is 5. The highest BCUT2D eigenvalue weighted by Crippen LogP contribution is 2.67. The van der Waals surface area contributed by atoms with Crippen molar-refractivity contribution in [1.29, 1.82) is 0 Å². The van der Waals surface area contributed by atoms with E-state index in [2.05, 4.69) is 6.58 Å². The van der Waals surface area contributed by atoms with Gasteiger partial charge >= 0.3 is 23.9 Å². The summed E-state index contributed by atoms with van der Waals surface area (Å²) in [6.07, 6.45) is -8.90. The summed E-state index contributed by atoms with van der Waals surface area (Å²) in [6.45, 7) is 12.2. The van der Waals surface area contributed by atoms with E-state index in [-0.39, 0.29) is 17.5 Å². The molecule has 3 aliphatic rings. The number of Topliss-reactive ketones (excluding diaryl/α,β-unsaturated/α-hetero) is 1. The van der Waals surface area contributed by atoms with Gasteiger partial charge in [-0.2, -0.15) is 0 Å². The van der Waals surface area contributed by atoms with Crippen LogP contribution < -0.4 is 0 Å². The lowest BCUT2D eigenvalue weighted by molar-refractivity contribution is -0.321. The molecule has 5 rings (SSSR count). The topological polar surface area (TPSA) is 183 Å². The molecule has 3 fully saturated rings. The van der Waals surface area contributed by atoms with Gasteiger partial charge in [0, 0.05) is 25.2 Å². The van der Waals surface area contributed by atoms with Crippen LogP contribution >= 0.6 is 0 Å². The summed E-state index contributed by atoms with van der Waals surface area (Å²) in [6, 6.07) is 15.7. The Labute approximate surface area is 290 Å². The maximum Gasteiger partial charge on any atom is 0.338 e. The molecule has 0 bridgehead atoms. The second-order valence-electron chi connectivity index (χ2n) is 14.6. The highest BCUT2D eigenvalue weighted by molar-refractivity contribution is 5.97. The van der Waals surface area contributed by atoms with Crippen LogP contribution in [0, 0.1) is 28.1 Å². The van der Waals surface area contributed by atoms with E-state index < -0.39 is 100.0 Å². The van der Waals surface area contributed by atoms with Gasteiger partial charge in [0.15, 0.2) is 17.5 Å². The quantitative estimate of drug-likeness (QED) is 0.219. The Morgan fingerprint density at radius 2 is 1.26 bits per heavy atom. The Morgan fingerprint density at radius 1 is 0.760 bits per heavy atom. The molecule has 3 aliphatic carbocycles. The van der Waals surface area contributed by atoms with Crippen molar-refractivity contribution in [3.63, 3.8) is 0 Å². The van der Waals surface area contributed by atoms with Crippen molar-refractivity contribution >= 4 is 29.7 Å². The number of ether oxygens (including phenoxy) is 4. The summed E-state index contributed by atoms with van der Waals surface area (Å²) in [5.74, 6) is -6.98. The van der Waals surface area contributed by atoms with E-state index in [0.717, 1.165) is 19.9 Å². The number of fused-ring (bicyclic) bond motifs is 3. The number of hydrogen-bond acceptors (Lipinski definition) is 12. The van der Waals surface area contributed by atoms with Crippen LogP contribution in [0.3, 0.4) is 0 Å². The summed E-state index contributed by atoms with van der Waals surface area (Å²) in [5, 5.41) is 37.0. The summed E-state index contributed by atoms with van der Waals surface area (Å²) >= 11 is 0. The van der Waals surface area contributed by atoms with Gasteiger partial charge in [-0.05, 0) is 48.9 Å². The van der Waals surface area contributed by atoms with Crippen molar-refractivity contribution in [3.8, 4) is 0 Å². The lowest BCUT2D eigenvalue weighted by Crippen LogP contribution is -2.82. The maximum absolute atomic E-state index is 14.7. The SMILES string of the molecule is C=CC1(C)C(=O)C2(O)C(OC(C)=O)CC3C(C)(C)C(O)C(OC(C)=O)C(OC(=O)c4ccccc4)C3(C)C2C(OC(=O)c2ccccc2)C1O. The summed E-state index contributed by atoms with van der Waals surface area (Å²) in [4.78, 5) is 67.5. The smallest absolute Gasteiger partial charge is 0.338 e. The first kappa shape index (κ1) is 36.9. The normalized spacial score (nSPS) is 37.3. The average molecular weight is 693 g/mol. The Kier molecular flexibility index (Phi) is 9.63. The van der Waals surface area contributed by atoms with E-state index in [4.69, 9.17) is 18.9 Å². The first-order valence-corrected chi connectivity index (χ1v) is 16.5. The summed E-state index contributed by atoms with van der Waals surface area (Å²) < 4.78 is 23.7. The standard InChI is InChI=1S/C38H44O12/c1-8-36(6)30(42)26(49-32(43)22-15-11-9-12-16-22)28-37(7)24(19-25(47-20(2)39)38(28,46)34(36)45)35(4,5)29(41)27(48-21(3)40)31(37)50-33(44)23-17-13-10-14-18-23/h8-18,24-31,41-42,46H,1,19H2,2-7H3. The van der Waals surface area contributed by atoms with E-state index in [9.17, 15) is 39.3 Å². The largest absolute Gasteiger partial charge is 0.459 e. The van der Waals surface area contributed by atoms with Gasteiger partial charge in [-0.3, -0.25) is 14.4 Å². The number of hydrogen-bond donors (Lipinski definition) is 3. The molecule has 12 nitrogen and oxygen atoms in total. The first-order chi connectivity index (χ1) is 23.4. The zero-order valence-corrected chi connectivity index (χ0v) is 28.9. The molecule has 0 amide bonds.